The zero-order chi connectivity index (χ0) is 14.3. The molecule has 0 aliphatic carbocycles. The summed E-state index contributed by atoms with van der Waals surface area (Å²) in [6.45, 7) is 3.95. The van der Waals surface area contributed by atoms with Gasteiger partial charge in [-0.1, -0.05) is 42.5 Å². The van der Waals surface area contributed by atoms with E-state index in [0.717, 1.165) is 16.3 Å². The predicted octanol–water partition coefficient (Wildman–Crippen LogP) is 2.67. The summed E-state index contributed by atoms with van der Waals surface area (Å²) in [5.41, 5.74) is 0.231. The zero-order valence-electron chi connectivity index (χ0n) is 11.5. The molecule has 0 radical (unpaired) electrons. The number of carbonyl (C=O) groups is 2. The molecule has 1 heterocycles. The summed E-state index contributed by atoms with van der Waals surface area (Å²) >= 11 is 0. The van der Waals surface area contributed by atoms with Crippen LogP contribution in [0.1, 0.15) is 19.4 Å². The van der Waals surface area contributed by atoms with Crippen molar-refractivity contribution in [3.05, 3.63) is 48.0 Å². The van der Waals surface area contributed by atoms with Gasteiger partial charge in [-0.3, -0.25) is 10.1 Å². The lowest BCUT2D eigenvalue weighted by Gasteiger charge is -2.28. The molecule has 3 rings (SSSR count). The second-order valence-electron chi connectivity index (χ2n) is 5.54. The third-order valence-electron chi connectivity index (χ3n) is 3.90. The van der Waals surface area contributed by atoms with Gasteiger partial charge in [0.1, 0.15) is 5.54 Å². The summed E-state index contributed by atoms with van der Waals surface area (Å²) in [5.74, 6) is -0.247. The molecule has 0 saturated carbocycles. The molecule has 20 heavy (non-hydrogen) atoms. The maximum absolute atomic E-state index is 11.9. The Morgan fingerprint density at radius 3 is 2.45 bits per heavy atom. The number of amides is 3. The van der Waals surface area contributed by atoms with Crippen molar-refractivity contribution in [2.45, 2.75) is 25.9 Å². The minimum atomic E-state index is -0.811. The van der Waals surface area contributed by atoms with Crippen LogP contribution in [0, 0.1) is 0 Å². The van der Waals surface area contributed by atoms with Crippen LogP contribution >= 0.6 is 0 Å². The molecule has 0 bridgehead atoms. The topological polar surface area (TPSA) is 49.4 Å². The predicted molar refractivity (Wildman–Crippen MR) is 77.1 cm³/mol. The van der Waals surface area contributed by atoms with Crippen molar-refractivity contribution >= 4 is 22.7 Å². The van der Waals surface area contributed by atoms with Gasteiger partial charge in [0, 0.05) is 6.54 Å². The van der Waals surface area contributed by atoms with Gasteiger partial charge in [-0.15, -0.1) is 0 Å². The van der Waals surface area contributed by atoms with E-state index >= 15 is 0 Å². The van der Waals surface area contributed by atoms with Crippen LogP contribution in [-0.2, 0) is 11.3 Å². The van der Waals surface area contributed by atoms with E-state index in [9.17, 15) is 9.59 Å². The second kappa shape index (κ2) is 4.34. The van der Waals surface area contributed by atoms with E-state index in [1.807, 2.05) is 42.5 Å². The van der Waals surface area contributed by atoms with Crippen molar-refractivity contribution in [3.8, 4) is 0 Å². The standard InChI is InChI=1S/C16H16N2O2/c1-16(2)14(19)17-15(20)18(16)10-12-8-5-7-11-6-3-4-9-13(11)12/h3-9H,10H2,1-2H3,(H,17,19,20). The fraction of sp³-hybridized carbons (Fsp3) is 0.250. The fourth-order valence-electron chi connectivity index (χ4n) is 2.56. The highest BCUT2D eigenvalue weighted by molar-refractivity contribution is 6.06. The number of hydrogen-bond acceptors (Lipinski definition) is 2. The van der Waals surface area contributed by atoms with Crippen molar-refractivity contribution in [2.24, 2.45) is 0 Å². The molecular formula is C16H16N2O2. The SMILES string of the molecule is CC1(C)C(=O)NC(=O)N1Cc1cccc2ccccc12. The number of hydrogen-bond donors (Lipinski definition) is 1. The molecule has 102 valence electrons. The first kappa shape index (κ1) is 12.7. The maximum atomic E-state index is 11.9. The van der Waals surface area contributed by atoms with Crippen molar-refractivity contribution in [3.63, 3.8) is 0 Å². The van der Waals surface area contributed by atoms with E-state index in [1.165, 1.54) is 0 Å². The number of urea groups is 1. The Morgan fingerprint density at radius 2 is 1.75 bits per heavy atom. The Kier molecular flexibility index (Phi) is 2.74. The Balaban J connectivity index is 2.02. The number of nitrogens with one attached hydrogen (secondary N) is 1. The molecule has 1 N–H and O–H groups in total. The van der Waals surface area contributed by atoms with Crippen molar-refractivity contribution in [1.29, 1.82) is 0 Å². The molecule has 0 spiro atoms. The molecule has 1 fully saturated rings. The lowest BCUT2D eigenvalue weighted by atomic mass is 10.0. The number of carbonyl (C=O) groups excluding carboxylic acids is 2. The summed E-state index contributed by atoms with van der Waals surface area (Å²) < 4.78 is 0. The first-order chi connectivity index (χ1) is 9.50. The van der Waals surface area contributed by atoms with Crippen LogP contribution in [0.5, 0.6) is 0 Å². The van der Waals surface area contributed by atoms with Crippen LogP contribution < -0.4 is 5.32 Å². The van der Waals surface area contributed by atoms with E-state index in [-0.39, 0.29) is 11.9 Å². The smallest absolute Gasteiger partial charge is 0.306 e. The van der Waals surface area contributed by atoms with Gasteiger partial charge >= 0.3 is 6.03 Å². The highest BCUT2D eigenvalue weighted by atomic mass is 16.2. The van der Waals surface area contributed by atoms with Crippen LogP contribution in [0.2, 0.25) is 0 Å². The second-order valence-corrected chi connectivity index (χ2v) is 5.54. The molecule has 2 aromatic rings. The fourth-order valence-corrected chi connectivity index (χ4v) is 2.56. The molecule has 1 aliphatic heterocycles. The third-order valence-corrected chi connectivity index (χ3v) is 3.90. The number of nitrogens with zero attached hydrogens (tertiary/aromatic N) is 1. The molecule has 0 atom stereocenters. The molecule has 2 aromatic carbocycles. The minimum absolute atomic E-state index is 0.247. The van der Waals surface area contributed by atoms with Crippen LogP contribution in [0.15, 0.2) is 42.5 Å². The molecule has 1 aliphatic rings. The number of fused-ring (bicyclic) bond motifs is 1. The average Bonchev–Trinajstić information content (AvgIpc) is 2.62. The Bertz CT molecular complexity index is 701. The van der Waals surface area contributed by atoms with Crippen molar-refractivity contribution in [2.75, 3.05) is 0 Å². The van der Waals surface area contributed by atoms with Gasteiger partial charge in [0.05, 0.1) is 0 Å². The van der Waals surface area contributed by atoms with Crippen molar-refractivity contribution in [1.82, 2.24) is 10.2 Å². The monoisotopic (exact) mass is 268 g/mol. The highest BCUT2D eigenvalue weighted by Gasteiger charge is 2.45. The molecule has 4 nitrogen and oxygen atoms in total. The van der Waals surface area contributed by atoms with Gasteiger partial charge < -0.3 is 4.90 Å². The van der Waals surface area contributed by atoms with Crippen molar-refractivity contribution < 1.29 is 9.59 Å². The van der Waals surface area contributed by atoms with Gasteiger partial charge in [0.2, 0.25) is 0 Å². The van der Waals surface area contributed by atoms with Gasteiger partial charge in [-0.2, -0.15) is 0 Å². The minimum Gasteiger partial charge on any atom is -0.306 e. The van der Waals surface area contributed by atoms with E-state index in [0.29, 0.717) is 6.54 Å². The van der Waals surface area contributed by atoms with E-state index in [4.69, 9.17) is 0 Å². The number of benzene rings is 2. The van der Waals surface area contributed by atoms with Gasteiger partial charge in [-0.05, 0) is 30.2 Å². The summed E-state index contributed by atoms with van der Waals surface area (Å²) in [6.07, 6.45) is 0. The molecule has 1 saturated heterocycles. The first-order valence-electron chi connectivity index (χ1n) is 6.60. The summed E-state index contributed by atoms with van der Waals surface area (Å²) in [4.78, 5) is 25.3. The molecular weight excluding hydrogens is 252 g/mol. The molecule has 0 unspecified atom stereocenters. The molecule has 0 aromatic heterocycles. The zero-order valence-corrected chi connectivity index (χ0v) is 11.5. The van der Waals surface area contributed by atoms with Gasteiger partial charge in [0.15, 0.2) is 0 Å². The maximum Gasteiger partial charge on any atom is 0.325 e. The lowest BCUT2D eigenvalue weighted by molar-refractivity contribution is -0.125. The number of rotatable bonds is 2. The Hall–Kier alpha value is -2.36. The van der Waals surface area contributed by atoms with E-state index < -0.39 is 5.54 Å². The van der Waals surface area contributed by atoms with E-state index in [1.54, 1.807) is 18.7 Å². The quantitative estimate of drug-likeness (QED) is 0.851. The van der Waals surface area contributed by atoms with Gasteiger partial charge in [0.25, 0.3) is 5.91 Å². The first-order valence-corrected chi connectivity index (χ1v) is 6.60. The Morgan fingerprint density at radius 1 is 1.05 bits per heavy atom. The summed E-state index contributed by atoms with van der Waals surface area (Å²) in [5, 5.41) is 4.62. The third kappa shape index (κ3) is 1.84. The highest BCUT2D eigenvalue weighted by Crippen LogP contribution is 2.26. The average molecular weight is 268 g/mol. The largest absolute Gasteiger partial charge is 0.325 e. The van der Waals surface area contributed by atoms with Crippen LogP contribution in [0.4, 0.5) is 4.79 Å². The lowest BCUT2D eigenvalue weighted by Crippen LogP contribution is -2.43. The Labute approximate surface area is 117 Å². The summed E-state index contributed by atoms with van der Waals surface area (Å²) in [6, 6.07) is 13.7. The molecule has 4 heteroatoms. The van der Waals surface area contributed by atoms with Crippen LogP contribution in [-0.4, -0.2) is 22.4 Å². The van der Waals surface area contributed by atoms with E-state index in [2.05, 4.69) is 5.32 Å². The van der Waals surface area contributed by atoms with Gasteiger partial charge in [-0.25, -0.2) is 4.79 Å². The normalized spacial score (nSPS) is 17.6. The number of imide groups is 1. The molecule has 3 amide bonds. The summed E-state index contributed by atoms with van der Waals surface area (Å²) in [7, 11) is 0. The van der Waals surface area contributed by atoms with Crippen LogP contribution in [0.25, 0.3) is 10.8 Å². The van der Waals surface area contributed by atoms with Crippen LogP contribution in [0.3, 0.4) is 0 Å².